The number of ether oxygens (including phenoxy) is 1. The van der Waals surface area contributed by atoms with E-state index < -0.39 is 0 Å². The van der Waals surface area contributed by atoms with E-state index in [1.165, 1.54) is 18.4 Å². The first-order chi connectivity index (χ1) is 10.3. The zero-order valence-electron chi connectivity index (χ0n) is 12.6. The molecule has 1 atom stereocenters. The summed E-state index contributed by atoms with van der Waals surface area (Å²) >= 11 is 0. The van der Waals surface area contributed by atoms with Crippen molar-refractivity contribution in [1.82, 2.24) is 10.3 Å². The molecule has 2 aromatic rings. The van der Waals surface area contributed by atoms with Gasteiger partial charge in [-0.25, -0.2) is 0 Å². The van der Waals surface area contributed by atoms with Crippen LogP contribution in [0, 0.1) is 0 Å². The fourth-order valence-corrected chi connectivity index (χ4v) is 2.99. The summed E-state index contributed by atoms with van der Waals surface area (Å²) in [5.41, 5.74) is 2.50. The Morgan fingerprint density at radius 2 is 2.05 bits per heavy atom. The van der Waals surface area contributed by atoms with Crippen molar-refractivity contribution in [3.63, 3.8) is 0 Å². The monoisotopic (exact) mass is 282 g/mol. The van der Waals surface area contributed by atoms with Gasteiger partial charge in [0.05, 0.1) is 12.8 Å². The molecule has 0 radical (unpaired) electrons. The van der Waals surface area contributed by atoms with Gasteiger partial charge in [0.2, 0.25) is 0 Å². The van der Waals surface area contributed by atoms with E-state index in [-0.39, 0.29) is 0 Å². The molecule has 3 nitrogen and oxygen atoms in total. The average Bonchev–Trinajstić information content (AvgIpc) is 2.51. The van der Waals surface area contributed by atoms with Crippen molar-refractivity contribution in [2.24, 2.45) is 0 Å². The SMILES string of the molecule is COc1cccc(C2CC(NC(C)c3ccccn3)C2)c1. The average molecular weight is 282 g/mol. The number of hydrogen-bond acceptors (Lipinski definition) is 3. The van der Waals surface area contributed by atoms with Gasteiger partial charge in [0.25, 0.3) is 0 Å². The molecule has 1 aromatic carbocycles. The van der Waals surface area contributed by atoms with Gasteiger partial charge in [0.15, 0.2) is 0 Å². The van der Waals surface area contributed by atoms with Crippen LogP contribution in [-0.4, -0.2) is 18.1 Å². The molecular formula is C18H22N2O. The van der Waals surface area contributed by atoms with Crippen molar-refractivity contribution in [3.8, 4) is 5.75 Å². The Kier molecular flexibility index (Phi) is 4.20. The van der Waals surface area contributed by atoms with Crippen molar-refractivity contribution < 1.29 is 4.74 Å². The first kappa shape index (κ1) is 14.1. The minimum atomic E-state index is 0.308. The zero-order chi connectivity index (χ0) is 14.7. The van der Waals surface area contributed by atoms with E-state index in [1.807, 2.05) is 24.4 Å². The van der Waals surface area contributed by atoms with Crippen LogP contribution in [-0.2, 0) is 0 Å². The van der Waals surface area contributed by atoms with E-state index in [1.54, 1.807) is 7.11 Å². The second kappa shape index (κ2) is 6.27. The quantitative estimate of drug-likeness (QED) is 0.908. The molecule has 1 unspecified atom stereocenters. The van der Waals surface area contributed by atoms with E-state index >= 15 is 0 Å². The number of rotatable bonds is 5. The Bertz CT molecular complexity index is 579. The Morgan fingerprint density at radius 3 is 2.76 bits per heavy atom. The maximum atomic E-state index is 5.30. The van der Waals surface area contributed by atoms with Crippen LogP contribution in [0.5, 0.6) is 5.75 Å². The van der Waals surface area contributed by atoms with Gasteiger partial charge in [0, 0.05) is 18.3 Å². The van der Waals surface area contributed by atoms with E-state index in [0.29, 0.717) is 18.0 Å². The summed E-state index contributed by atoms with van der Waals surface area (Å²) in [5.74, 6) is 1.60. The molecule has 1 aromatic heterocycles. The maximum Gasteiger partial charge on any atom is 0.119 e. The molecule has 1 aliphatic rings. The van der Waals surface area contributed by atoms with Crippen molar-refractivity contribution >= 4 is 0 Å². The van der Waals surface area contributed by atoms with Crippen LogP contribution in [0.25, 0.3) is 0 Å². The summed E-state index contributed by atoms with van der Waals surface area (Å²) in [6.45, 7) is 2.18. The van der Waals surface area contributed by atoms with E-state index in [4.69, 9.17) is 4.74 Å². The Morgan fingerprint density at radius 1 is 1.19 bits per heavy atom. The van der Waals surface area contributed by atoms with Crippen LogP contribution in [0.3, 0.4) is 0 Å². The lowest BCUT2D eigenvalue weighted by Crippen LogP contribution is -2.41. The zero-order valence-corrected chi connectivity index (χ0v) is 12.6. The minimum absolute atomic E-state index is 0.308. The van der Waals surface area contributed by atoms with Crippen molar-refractivity contribution in [2.45, 2.75) is 37.8 Å². The van der Waals surface area contributed by atoms with Gasteiger partial charge in [-0.2, -0.15) is 0 Å². The predicted molar refractivity (Wildman–Crippen MR) is 84.5 cm³/mol. The molecule has 0 spiro atoms. The first-order valence-electron chi connectivity index (χ1n) is 7.57. The highest BCUT2D eigenvalue weighted by molar-refractivity contribution is 5.32. The molecule has 1 saturated carbocycles. The molecule has 1 aliphatic carbocycles. The summed E-state index contributed by atoms with van der Waals surface area (Å²) < 4.78 is 5.30. The molecular weight excluding hydrogens is 260 g/mol. The largest absolute Gasteiger partial charge is 0.497 e. The van der Waals surface area contributed by atoms with Gasteiger partial charge in [-0.05, 0) is 55.5 Å². The van der Waals surface area contributed by atoms with Crippen molar-refractivity contribution in [2.75, 3.05) is 7.11 Å². The molecule has 3 heteroatoms. The standard InChI is InChI=1S/C18H22N2O/c1-13(18-8-3-4-9-19-18)20-16-10-15(11-16)14-6-5-7-17(12-14)21-2/h3-9,12-13,15-16,20H,10-11H2,1-2H3. The molecule has 0 aliphatic heterocycles. The van der Waals surface area contributed by atoms with Crippen molar-refractivity contribution in [1.29, 1.82) is 0 Å². The molecule has 110 valence electrons. The summed E-state index contributed by atoms with van der Waals surface area (Å²) in [5, 5.41) is 3.67. The van der Waals surface area contributed by atoms with Gasteiger partial charge in [-0.1, -0.05) is 18.2 Å². The van der Waals surface area contributed by atoms with Crippen LogP contribution >= 0.6 is 0 Å². The van der Waals surface area contributed by atoms with Gasteiger partial charge >= 0.3 is 0 Å². The second-order valence-corrected chi connectivity index (χ2v) is 5.78. The molecule has 1 fully saturated rings. The maximum absolute atomic E-state index is 5.30. The fourth-order valence-electron chi connectivity index (χ4n) is 2.99. The van der Waals surface area contributed by atoms with Crippen LogP contribution in [0.15, 0.2) is 48.7 Å². The lowest BCUT2D eigenvalue weighted by Gasteiger charge is -2.38. The topological polar surface area (TPSA) is 34.1 Å². The van der Waals surface area contributed by atoms with Crippen LogP contribution < -0.4 is 10.1 Å². The first-order valence-corrected chi connectivity index (χ1v) is 7.57. The molecule has 3 rings (SSSR count). The molecule has 21 heavy (non-hydrogen) atoms. The van der Waals surface area contributed by atoms with E-state index in [2.05, 4.69) is 41.5 Å². The van der Waals surface area contributed by atoms with Gasteiger partial charge in [0.1, 0.15) is 5.75 Å². The number of nitrogens with zero attached hydrogens (tertiary/aromatic N) is 1. The highest BCUT2D eigenvalue weighted by Gasteiger charge is 2.31. The number of benzene rings is 1. The third-order valence-corrected chi connectivity index (χ3v) is 4.32. The number of nitrogens with one attached hydrogen (secondary N) is 1. The number of pyridine rings is 1. The normalized spacial score (nSPS) is 22.4. The second-order valence-electron chi connectivity index (χ2n) is 5.78. The van der Waals surface area contributed by atoms with E-state index in [0.717, 1.165) is 11.4 Å². The van der Waals surface area contributed by atoms with Crippen LogP contribution in [0.1, 0.15) is 43.0 Å². The Balaban J connectivity index is 1.54. The van der Waals surface area contributed by atoms with Crippen LogP contribution in [0.2, 0.25) is 0 Å². The lowest BCUT2D eigenvalue weighted by atomic mass is 9.75. The highest BCUT2D eigenvalue weighted by atomic mass is 16.5. The summed E-state index contributed by atoms with van der Waals surface area (Å²) in [7, 11) is 1.72. The fraction of sp³-hybridized carbons (Fsp3) is 0.389. The van der Waals surface area contributed by atoms with Gasteiger partial charge in [-0.15, -0.1) is 0 Å². The summed E-state index contributed by atoms with van der Waals surface area (Å²) in [4.78, 5) is 4.41. The molecule has 0 bridgehead atoms. The third kappa shape index (κ3) is 3.24. The molecule has 0 saturated heterocycles. The van der Waals surface area contributed by atoms with Gasteiger partial charge in [-0.3, -0.25) is 4.98 Å². The van der Waals surface area contributed by atoms with Crippen molar-refractivity contribution in [3.05, 3.63) is 59.9 Å². The number of hydrogen-bond donors (Lipinski definition) is 1. The Hall–Kier alpha value is -1.87. The number of methoxy groups -OCH3 is 1. The predicted octanol–water partition coefficient (Wildman–Crippen LogP) is 3.69. The summed E-state index contributed by atoms with van der Waals surface area (Å²) in [6, 6.07) is 15.4. The Labute approximate surface area is 126 Å². The van der Waals surface area contributed by atoms with Crippen LogP contribution in [0.4, 0.5) is 0 Å². The lowest BCUT2D eigenvalue weighted by molar-refractivity contribution is 0.269. The third-order valence-electron chi connectivity index (χ3n) is 4.32. The molecule has 1 N–H and O–H groups in total. The number of aromatic nitrogens is 1. The molecule has 0 amide bonds. The minimum Gasteiger partial charge on any atom is -0.497 e. The van der Waals surface area contributed by atoms with E-state index in [9.17, 15) is 0 Å². The van der Waals surface area contributed by atoms with Gasteiger partial charge < -0.3 is 10.1 Å². The summed E-state index contributed by atoms with van der Waals surface area (Å²) in [6.07, 6.45) is 4.22. The highest BCUT2D eigenvalue weighted by Crippen LogP contribution is 2.38. The molecule has 1 heterocycles. The smallest absolute Gasteiger partial charge is 0.119 e.